The van der Waals surface area contributed by atoms with E-state index in [0.29, 0.717) is 28.6 Å². The molecule has 0 aromatic heterocycles. The summed E-state index contributed by atoms with van der Waals surface area (Å²) in [4.78, 5) is 10.9. The normalized spacial score (nSPS) is 11.6. The zero-order chi connectivity index (χ0) is 18.4. The van der Waals surface area contributed by atoms with Crippen molar-refractivity contribution in [3.63, 3.8) is 0 Å². The molecule has 0 saturated carbocycles. The highest BCUT2D eigenvalue weighted by molar-refractivity contribution is 5.72. The highest BCUT2D eigenvalue weighted by Crippen LogP contribution is 2.35. The second-order valence-electron chi connectivity index (χ2n) is 5.67. The minimum Gasteiger partial charge on any atom is -0.479 e. The molecular weight excluding hydrogens is 332 g/mol. The van der Waals surface area contributed by atoms with Gasteiger partial charge < -0.3 is 19.7 Å². The van der Waals surface area contributed by atoms with E-state index in [0.717, 1.165) is 0 Å². The van der Waals surface area contributed by atoms with E-state index in [1.807, 2.05) is 60.7 Å². The summed E-state index contributed by atoms with van der Waals surface area (Å²) in [5.74, 6) is 0.953. The van der Waals surface area contributed by atoms with Crippen molar-refractivity contribution in [2.45, 2.75) is 12.5 Å². The van der Waals surface area contributed by atoms with Gasteiger partial charge in [0.25, 0.3) is 0 Å². The average Bonchev–Trinajstić information content (AvgIpc) is 2.65. The van der Waals surface area contributed by atoms with E-state index in [1.54, 1.807) is 18.2 Å². The second kappa shape index (κ2) is 8.18. The van der Waals surface area contributed by atoms with E-state index in [4.69, 9.17) is 14.6 Å². The van der Waals surface area contributed by atoms with E-state index in [2.05, 4.69) is 0 Å². The molecule has 0 radical (unpaired) electrons. The first-order valence-corrected chi connectivity index (χ1v) is 8.11. The standard InChI is InChI=1S/C21H18O5/c22-18(21(23)24)13-15-11-12-19(25-16-7-3-1-4-8-16)20(14-15)26-17-9-5-2-6-10-17/h1-12,14,18,22H,13H2,(H,23,24). The Bertz CT molecular complexity index is 862. The Labute approximate surface area is 151 Å². The summed E-state index contributed by atoms with van der Waals surface area (Å²) in [6, 6.07) is 23.6. The van der Waals surface area contributed by atoms with Crippen LogP contribution >= 0.6 is 0 Å². The maximum absolute atomic E-state index is 10.9. The summed E-state index contributed by atoms with van der Waals surface area (Å²) < 4.78 is 11.8. The Balaban J connectivity index is 1.90. The molecule has 3 aromatic carbocycles. The molecule has 5 heteroatoms. The lowest BCUT2D eigenvalue weighted by atomic mass is 10.1. The summed E-state index contributed by atoms with van der Waals surface area (Å²) in [7, 11) is 0. The van der Waals surface area contributed by atoms with Crippen LogP contribution in [0.3, 0.4) is 0 Å². The number of carboxylic acids is 1. The van der Waals surface area contributed by atoms with Crippen LogP contribution in [0.2, 0.25) is 0 Å². The maximum atomic E-state index is 10.9. The van der Waals surface area contributed by atoms with Crippen LogP contribution in [0.25, 0.3) is 0 Å². The van der Waals surface area contributed by atoms with Crippen LogP contribution in [0, 0.1) is 0 Å². The largest absolute Gasteiger partial charge is 0.479 e. The van der Waals surface area contributed by atoms with E-state index >= 15 is 0 Å². The zero-order valence-corrected chi connectivity index (χ0v) is 13.9. The quantitative estimate of drug-likeness (QED) is 0.666. The van der Waals surface area contributed by atoms with Gasteiger partial charge in [0.15, 0.2) is 17.6 Å². The van der Waals surface area contributed by atoms with Crippen molar-refractivity contribution in [1.29, 1.82) is 0 Å². The van der Waals surface area contributed by atoms with Crippen LogP contribution < -0.4 is 9.47 Å². The molecule has 0 heterocycles. The molecule has 1 unspecified atom stereocenters. The lowest BCUT2D eigenvalue weighted by molar-refractivity contribution is -0.146. The predicted octanol–water partition coefficient (Wildman–Crippen LogP) is 4.26. The molecule has 0 bridgehead atoms. The lowest BCUT2D eigenvalue weighted by Gasteiger charge is -2.14. The van der Waals surface area contributed by atoms with Crippen molar-refractivity contribution in [2.24, 2.45) is 0 Å². The molecule has 0 spiro atoms. The molecule has 0 fully saturated rings. The van der Waals surface area contributed by atoms with Crippen LogP contribution in [0.15, 0.2) is 78.9 Å². The van der Waals surface area contributed by atoms with Crippen molar-refractivity contribution in [3.8, 4) is 23.0 Å². The van der Waals surface area contributed by atoms with Crippen molar-refractivity contribution >= 4 is 5.97 Å². The first-order valence-electron chi connectivity index (χ1n) is 8.11. The highest BCUT2D eigenvalue weighted by Gasteiger charge is 2.16. The molecule has 0 aliphatic carbocycles. The minimum absolute atomic E-state index is 0.0217. The molecule has 26 heavy (non-hydrogen) atoms. The Kier molecular flexibility index (Phi) is 5.51. The topological polar surface area (TPSA) is 76.0 Å². The molecule has 132 valence electrons. The smallest absolute Gasteiger partial charge is 0.332 e. The van der Waals surface area contributed by atoms with Crippen LogP contribution in [-0.2, 0) is 11.2 Å². The number of carbonyl (C=O) groups is 1. The molecular formula is C21H18O5. The molecule has 3 aromatic rings. The molecule has 0 saturated heterocycles. The third-order valence-corrected chi connectivity index (χ3v) is 3.66. The van der Waals surface area contributed by atoms with Gasteiger partial charge in [-0.25, -0.2) is 4.79 Å². The molecule has 5 nitrogen and oxygen atoms in total. The number of aliphatic carboxylic acids is 1. The number of benzene rings is 3. The Hall–Kier alpha value is -3.31. The Morgan fingerprint density at radius 1 is 0.808 bits per heavy atom. The predicted molar refractivity (Wildman–Crippen MR) is 96.8 cm³/mol. The van der Waals surface area contributed by atoms with Gasteiger partial charge in [0.1, 0.15) is 11.5 Å². The minimum atomic E-state index is -1.47. The first kappa shape index (κ1) is 17.5. The van der Waals surface area contributed by atoms with Gasteiger partial charge in [0.05, 0.1) is 0 Å². The fourth-order valence-electron chi connectivity index (χ4n) is 2.39. The number of hydrogen-bond acceptors (Lipinski definition) is 4. The monoisotopic (exact) mass is 350 g/mol. The summed E-state index contributed by atoms with van der Waals surface area (Å²) in [5, 5.41) is 18.5. The molecule has 1 atom stereocenters. The van der Waals surface area contributed by atoms with Gasteiger partial charge in [-0.05, 0) is 42.0 Å². The van der Waals surface area contributed by atoms with Gasteiger partial charge in [-0.2, -0.15) is 0 Å². The lowest BCUT2D eigenvalue weighted by Crippen LogP contribution is -2.21. The van der Waals surface area contributed by atoms with Gasteiger partial charge in [-0.3, -0.25) is 0 Å². The van der Waals surface area contributed by atoms with Crippen LogP contribution in [0.4, 0.5) is 0 Å². The van der Waals surface area contributed by atoms with Crippen molar-refractivity contribution in [2.75, 3.05) is 0 Å². The number of para-hydroxylation sites is 2. The molecule has 0 aliphatic rings. The summed E-state index contributed by atoms with van der Waals surface area (Å²) in [6.07, 6.45) is -1.49. The summed E-state index contributed by atoms with van der Waals surface area (Å²) in [5.41, 5.74) is 0.631. The number of aliphatic hydroxyl groups is 1. The Morgan fingerprint density at radius 3 is 1.88 bits per heavy atom. The number of hydrogen-bond donors (Lipinski definition) is 2. The van der Waals surface area contributed by atoms with Gasteiger partial charge in [-0.15, -0.1) is 0 Å². The van der Waals surface area contributed by atoms with Gasteiger partial charge in [-0.1, -0.05) is 42.5 Å². The van der Waals surface area contributed by atoms with Crippen LogP contribution in [0.1, 0.15) is 5.56 Å². The van der Waals surface area contributed by atoms with Crippen LogP contribution in [0.5, 0.6) is 23.0 Å². The van der Waals surface area contributed by atoms with E-state index in [1.165, 1.54) is 0 Å². The second-order valence-corrected chi connectivity index (χ2v) is 5.67. The van der Waals surface area contributed by atoms with Gasteiger partial charge in [0, 0.05) is 6.42 Å². The maximum Gasteiger partial charge on any atom is 0.332 e. The molecule has 0 amide bonds. The van der Waals surface area contributed by atoms with E-state index in [-0.39, 0.29) is 6.42 Å². The van der Waals surface area contributed by atoms with Crippen molar-refractivity contribution in [1.82, 2.24) is 0 Å². The summed E-state index contributed by atoms with van der Waals surface area (Å²) >= 11 is 0. The fourth-order valence-corrected chi connectivity index (χ4v) is 2.39. The van der Waals surface area contributed by atoms with E-state index < -0.39 is 12.1 Å². The van der Waals surface area contributed by atoms with Crippen molar-refractivity contribution in [3.05, 3.63) is 84.4 Å². The van der Waals surface area contributed by atoms with E-state index in [9.17, 15) is 9.90 Å². The average molecular weight is 350 g/mol. The third-order valence-electron chi connectivity index (χ3n) is 3.66. The molecule has 3 rings (SSSR count). The zero-order valence-electron chi connectivity index (χ0n) is 13.9. The summed E-state index contributed by atoms with van der Waals surface area (Å²) in [6.45, 7) is 0. The number of ether oxygens (including phenoxy) is 2. The number of carboxylic acid groups (broad SMARTS) is 1. The van der Waals surface area contributed by atoms with Crippen LogP contribution in [-0.4, -0.2) is 22.3 Å². The van der Waals surface area contributed by atoms with Gasteiger partial charge in [0.2, 0.25) is 0 Å². The first-order chi connectivity index (χ1) is 12.6. The highest BCUT2D eigenvalue weighted by atomic mass is 16.5. The molecule has 0 aliphatic heterocycles. The fraction of sp³-hybridized carbons (Fsp3) is 0.0952. The Morgan fingerprint density at radius 2 is 1.35 bits per heavy atom. The number of rotatable bonds is 7. The van der Waals surface area contributed by atoms with Crippen molar-refractivity contribution < 1.29 is 24.5 Å². The third kappa shape index (κ3) is 4.62. The molecule has 2 N–H and O–H groups in total. The SMILES string of the molecule is O=C(O)C(O)Cc1ccc(Oc2ccccc2)c(Oc2ccccc2)c1. The number of aliphatic hydroxyl groups excluding tert-OH is 1. The van der Waals surface area contributed by atoms with Gasteiger partial charge >= 0.3 is 5.97 Å².